The molecular weight excluding hydrogens is 186 g/mol. The van der Waals surface area contributed by atoms with Crippen molar-refractivity contribution in [3.63, 3.8) is 0 Å². The van der Waals surface area contributed by atoms with E-state index >= 15 is 0 Å². The van der Waals surface area contributed by atoms with Crippen molar-refractivity contribution < 1.29 is 14.8 Å². The fraction of sp³-hybridized carbons (Fsp3) is 0.333. The molecule has 0 saturated carbocycles. The average molecular weight is 197 g/mol. The maximum Gasteiger partial charge on any atom is 0.269 e. The molecule has 0 aliphatic rings. The van der Waals surface area contributed by atoms with Crippen LogP contribution in [0.5, 0.6) is 0 Å². The summed E-state index contributed by atoms with van der Waals surface area (Å²) in [5.74, 6) is 0. The fourth-order valence-electron chi connectivity index (χ4n) is 0.968. The van der Waals surface area contributed by atoms with Gasteiger partial charge in [-0.05, 0) is 17.7 Å². The van der Waals surface area contributed by atoms with Crippen molar-refractivity contribution in [2.24, 2.45) is 0 Å². The molecule has 0 spiro atoms. The minimum Gasteiger partial charge on any atom is -0.394 e. The van der Waals surface area contributed by atoms with Crippen molar-refractivity contribution in [3.05, 3.63) is 39.9 Å². The Hall–Kier alpha value is -1.46. The summed E-state index contributed by atoms with van der Waals surface area (Å²) in [6.45, 7) is 0.614. The second-order valence-corrected chi connectivity index (χ2v) is 2.70. The van der Waals surface area contributed by atoms with Gasteiger partial charge in [-0.3, -0.25) is 10.1 Å². The van der Waals surface area contributed by atoms with Gasteiger partial charge in [0.15, 0.2) is 0 Å². The first-order valence-corrected chi connectivity index (χ1v) is 4.16. The van der Waals surface area contributed by atoms with E-state index in [1.807, 2.05) is 0 Å². The third-order valence-corrected chi connectivity index (χ3v) is 1.65. The molecular formula is C9H11NO4. The first kappa shape index (κ1) is 10.6. The molecule has 0 amide bonds. The number of aliphatic hydroxyl groups is 1. The monoisotopic (exact) mass is 197 g/mol. The van der Waals surface area contributed by atoms with Crippen LogP contribution in [-0.2, 0) is 11.3 Å². The molecule has 0 unspecified atom stereocenters. The summed E-state index contributed by atoms with van der Waals surface area (Å²) in [6, 6.07) is 6.13. The lowest BCUT2D eigenvalue weighted by Crippen LogP contribution is -1.99. The molecule has 0 saturated heterocycles. The Balaban J connectivity index is 2.51. The minimum absolute atomic E-state index is 0.0209. The zero-order valence-corrected chi connectivity index (χ0v) is 7.55. The Morgan fingerprint density at radius 2 is 2.00 bits per heavy atom. The molecule has 1 N–H and O–H groups in total. The van der Waals surface area contributed by atoms with Crippen molar-refractivity contribution in [1.82, 2.24) is 0 Å². The van der Waals surface area contributed by atoms with E-state index in [-0.39, 0.29) is 18.9 Å². The van der Waals surface area contributed by atoms with Crippen LogP contribution in [0.4, 0.5) is 5.69 Å². The zero-order valence-electron chi connectivity index (χ0n) is 7.55. The zero-order chi connectivity index (χ0) is 10.4. The van der Waals surface area contributed by atoms with Gasteiger partial charge < -0.3 is 9.84 Å². The highest BCUT2D eigenvalue weighted by Gasteiger charge is 2.03. The molecule has 0 fully saturated rings. The number of hydrogen-bond acceptors (Lipinski definition) is 4. The number of nitrogens with zero attached hydrogens (tertiary/aromatic N) is 1. The van der Waals surface area contributed by atoms with Gasteiger partial charge in [-0.2, -0.15) is 0 Å². The van der Waals surface area contributed by atoms with E-state index in [9.17, 15) is 10.1 Å². The van der Waals surface area contributed by atoms with Crippen LogP contribution < -0.4 is 0 Å². The molecule has 0 aromatic heterocycles. The second kappa shape index (κ2) is 5.31. The van der Waals surface area contributed by atoms with Gasteiger partial charge in [0.2, 0.25) is 0 Å². The summed E-state index contributed by atoms with van der Waals surface area (Å²) in [6.07, 6.45) is 0. The third-order valence-electron chi connectivity index (χ3n) is 1.65. The maximum atomic E-state index is 10.3. The number of aliphatic hydroxyl groups excluding tert-OH is 1. The molecule has 5 nitrogen and oxygen atoms in total. The van der Waals surface area contributed by atoms with E-state index in [1.54, 1.807) is 12.1 Å². The normalized spacial score (nSPS) is 10.1. The number of nitro benzene ring substituents is 1. The van der Waals surface area contributed by atoms with E-state index in [2.05, 4.69) is 0 Å². The summed E-state index contributed by atoms with van der Waals surface area (Å²) in [7, 11) is 0. The smallest absolute Gasteiger partial charge is 0.269 e. The Labute approximate surface area is 81.1 Å². The molecule has 0 aliphatic heterocycles. The predicted molar refractivity (Wildman–Crippen MR) is 49.8 cm³/mol. The van der Waals surface area contributed by atoms with Crippen molar-refractivity contribution in [3.8, 4) is 0 Å². The molecule has 14 heavy (non-hydrogen) atoms. The van der Waals surface area contributed by atoms with Crippen LogP contribution in [0, 0.1) is 10.1 Å². The average Bonchev–Trinajstić information content (AvgIpc) is 2.19. The van der Waals surface area contributed by atoms with Gasteiger partial charge in [-0.1, -0.05) is 0 Å². The summed E-state index contributed by atoms with van der Waals surface area (Å²) in [5, 5.41) is 18.8. The molecule has 1 aromatic carbocycles. The first-order valence-electron chi connectivity index (χ1n) is 4.16. The highest BCUT2D eigenvalue weighted by Crippen LogP contribution is 2.12. The van der Waals surface area contributed by atoms with Gasteiger partial charge in [0, 0.05) is 12.1 Å². The minimum atomic E-state index is -0.446. The van der Waals surface area contributed by atoms with Gasteiger partial charge >= 0.3 is 0 Å². The van der Waals surface area contributed by atoms with Crippen LogP contribution in [0.25, 0.3) is 0 Å². The lowest BCUT2D eigenvalue weighted by Gasteiger charge is -2.01. The van der Waals surface area contributed by atoms with Crippen LogP contribution in [0.15, 0.2) is 24.3 Å². The van der Waals surface area contributed by atoms with E-state index in [0.717, 1.165) is 5.56 Å². The topological polar surface area (TPSA) is 72.6 Å². The van der Waals surface area contributed by atoms with Crippen LogP contribution >= 0.6 is 0 Å². The molecule has 0 bridgehead atoms. The largest absolute Gasteiger partial charge is 0.394 e. The summed E-state index contributed by atoms with van der Waals surface area (Å²) in [5.41, 5.74) is 0.917. The summed E-state index contributed by atoms with van der Waals surface area (Å²) < 4.78 is 5.05. The number of benzene rings is 1. The van der Waals surface area contributed by atoms with E-state index in [1.165, 1.54) is 12.1 Å². The Bertz CT molecular complexity index is 296. The summed E-state index contributed by atoms with van der Waals surface area (Å²) in [4.78, 5) is 9.87. The van der Waals surface area contributed by atoms with Crippen molar-refractivity contribution in [1.29, 1.82) is 0 Å². The second-order valence-electron chi connectivity index (χ2n) is 2.70. The first-order chi connectivity index (χ1) is 6.74. The lowest BCUT2D eigenvalue weighted by molar-refractivity contribution is -0.384. The quantitative estimate of drug-likeness (QED) is 0.436. The highest BCUT2D eigenvalue weighted by atomic mass is 16.6. The van der Waals surface area contributed by atoms with Gasteiger partial charge in [0.05, 0.1) is 24.7 Å². The summed E-state index contributed by atoms with van der Waals surface area (Å²) >= 11 is 0. The Kier molecular flexibility index (Phi) is 4.03. The molecule has 5 heteroatoms. The maximum absolute atomic E-state index is 10.3. The molecule has 1 aromatic rings. The predicted octanol–water partition coefficient (Wildman–Crippen LogP) is 1.10. The van der Waals surface area contributed by atoms with E-state index in [0.29, 0.717) is 6.61 Å². The van der Waals surface area contributed by atoms with Crippen LogP contribution in [0.1, 0.15) is 5.56 Å². The Morgan fingerprint density at radius 3 is 2.50 bits per heavy atom. The number of rotatable bonds is 5. The SMILES string of the molecule is O=[N+]([O-])c1ccc(COCCO)cc1. The fourth-order valence-corrected chi connectivity index (χ4v) is 0.968. The molecule has 0 atom stereocenters. The number of nitro groups is 1. The van der Waals surface area contributed by atoms with Crippen LogP contribution in [-0.4, -0.2) is 23.2 Å². The van der Waals surface area contributed by atoms with E-state index < -0.39 is 4.92 Å². The van der Waals surface area contributed by atoms with Gasteiger partial charge in [-0.25, -0.2) is 0 Å². The van der Waals surface area contributed by atoms with Gasteiger partial charge in [0.1, 0.15) is 0 Å². The van der Waals surface area contributed by atoms with Gasteiger partial charge in [0.25, 0.3) is 5.69 Å². The molecule has 0 radical (unpaired) electrons. The number of non-ortho nitro benzene ring substituents is 1. The van der Waals surface area contributed by atoms with Crippen LogP contribution in [0.3, 0.4) is 0 Å². The van der Waals surface area contributed by atoms with Crippen molar-refractivity contribution >= 4 is 5.69 Å². The molecule has 0 heterocycles. The molecule has 1 rings (SSSR count). The highest BCUT2D eigenvalue weighted by molar-refractivity contribution is 5.32. The van der Waals surface area contributed by atoms with Crippen molar-refractivity contribution in [2.45, 2.75) is 6.61 Å². The van der Waals surface area contributed by atoms with Crippen LogP contribution in [0.2, 0.25) is 0 Å². The molecule has 0 aliphatic carbocycles. The van der Waals surface area contributed by atoms with Crippen molar-refractivity contribution in [2.75, 3.05) is 13.2 Å². The van der Waals surface area contributed by atoms with E-state index in [4.69, 9.17) is 9.84 Å². The van der Waals surface area contributed by atoms with Gasteiger partial charge in [-0.15, -0.1) is 0 Å². The third kappa shape index (κ3) is 3.12. The number of ether oxygens (including phenoxy) is 1. The molecule has 76 valence electrons. The standard InChI is InChI=1S/C9H11NO4/c11-5-6-14-7-8-1-3-9(4-2-8)10(12)13/h1-4,11H,5-7H2. The lowest BCUT2D eigenvalue weighted by atomic mass is 10.2. The Morgan fingerprint density at radius 1 is 1.36 bits per heavy atom. The number of hydrogen-bond donors (Lipinski definition) is 1.